The minimum absolute atomic E-state index is 0.0805. The number of fused-ring (bicyclic) bond motifs is 1. The summed E-state index contributed by atoms with van der Waals surface area (Å²) in [6.45, 7) is 4.75. The molecule has 8 nitrogen and oxygen atoms in total. The van der Waals surface area contributed by atoms with Crippen molar-refractivity contribution in [3.05, 3.63) is 48.0 Å². The predicted octanol–water partition coefficient (Wildman–Crippen LogP) is 1.93. The van der Waals surface area contributed by atoms with E-state index in [1.54, 1.807) is 18.1 Å². The van der Waals surface area contributed by atoms with Gasteiger partial charge in [-0.3, -0.25) is 14.5 Å². The quantitative estimate of drug-likeness (QED) is 0.789. The SMILES string of the molecule is COc1ccc(C)cc1NC(=O)CN1CCN(C(=O)[C@H]2COc3ccccc3O2)CC1. The first kappa shape index (κ1) is 21.0. The van der Waals surface area contributed by atoms with E-state index in [2.05, 4.69) is 5.32 Å². The van der Waals surface area contributed by atoms with E-state index in [1.165, 1.54) is 0 Å². The van der Waals surface area contributed by atoms with Crippen LogP contribution in [0.25, 0.3) is 0 Å². The molecule has 2 amide bonds. The molecule has 0 radical (unpaired) electrons. The molecule has 2 aliphatic rings. The molecule has 0 spiro atoms. The Morgan fingerprint density at radius 3 is 2.58 bits per heavy atom. The zero-order chi connectivity index (χ0) is 21.8. The first-order valence-corrected chi connectivity index (χ1v) is 10.4. The minimum atomic E-state index is -0.640. The molecule has 2 aromatic carbocycles. The van der Waals surface area contributed by atoms with Crippen LogP contribution in [0.4, 0.5) is 5.69 Å². The molecule has 0 saturated carbocycles. The first-order chi connectivity index (χ1) is 15.0. The lowest BCUT2D eigenvalue weighted by Gasteiger charge is -2.36. The molecule has 0 unspecified atom stereocenters. The molecule has 1 N–H and O–H groups in total. The van der Waals surface area contributed by atoms with Crippen molar-refractivity contribution in [1.82, 2.24) is 9.80 Å². The van der Waals surface area contributed by atoms with Crippen molar-refractivity contribution < 1.29 is 23.8 Å². The molecule has 164 valence electrons. The molecular weight excluding hydrogens is 398 g/mol. The number of methoxy groups -OCH3 is 1. The van der Waals surface area contributed by atoms with E-state index in [0.29, 0.717) is 49.1 Å². The van der Waals surface area contributed by atoms with Crippen LogP contribution in [0.2, 0.25) is 0 Å². The molecule has 0 aliphatic carbocycles. The summed E-state index contributed by atoms with van der Waals surface area (Å²) in [4.78, 5) is 29.2. The minimum Gasteiger partial charge on any atom is -0.495 e. The number of hydrogen-bond donors (Lipinski definition) is 1. The highest BCUT2D eigenvalue weighted by atomic mass is 16.6. The second kappa shape index (κ2) is 9.26. The summed E-state index contributed by atoms with van der Waals surface area (Å²) in [6.07, 6.45) is -0.640. The van der Waals surface area contributed by atoms with Gasteiger partial charge in [-0.15, -0.1) is 0 Å². The third-order valence-electron chi connectivity index (χ3n) is 5.46. The van der Waals surface area contributed by atoms with Gasteiger partial charge in [0, 0.05) is 26.2 Å². The Labute approximate surface area is 181 Å². The smallest absolute Gasteiger partial charge is 0.267 e. The summed E-state index contributed by atoms with van der Waals surface area (Å²) in [5.41, 5.74) is 1.70. The maximum Gasteiger partial charge on any atom is 0.267 e. The van der Waals surface area contributed by atoms with E-state index in [9.17, 15) is 9.59 Å². The van der Waals surface area contributed by atoms with Gasteiger partial charge in [-0.05, 0) is 36.8 Å². The molecule has 2 aliphatic heterocycles. The van der Waals surface area contributed by atoms with Crippen LogP contribution in [0.15, 0.2) is 42.5 Å². The zero-order valence-electron chi connectivity index (χ0n) is 17.8. The van der Waals surface area contributed by atoms with Crippen molar-refractivity contribution in [2.75, 3.05) is 51.8 Å². The highest BCUT2D eigenvalue weighted by Crippen LogP contribution is 2.31. The number of benzene rings is 2. The number of ether oxygens (including phenoxy) is 3. The van der Waals surface area contributed by atoms with Gasteiger partial charge < -0.3 is 24.4 Å². The van der Waals surface area contributed by atoms with E-state index >= 15 is 0 Å². The van der Waals surface area contributed by atoms with Crippen molar-refractivity contribution >= 4 is 17.5 Å². The largest absolute Gasteiger partial charge is 0.495 e. The number of nitrogens with one attached hydrogen (secondary N) is 1. The normalized spacial score (nSPS) is 18.4. The van der Waals surface area contributed by atoms with Crippen LogP contribution in [-0.2, 0) is 9.59 Å². The third kappa shape index (κ3) is 4.91. The molecule has 1 atom stereocenters. The van der Waals surface area contributed by atoms with E-state index in [0.717, 1.165) is 5.56 Å². The molecule has 2 aromatic rings. The van der Waals surface area contributed by atoms with E-state index < -0.39 is 6.10 Å². The number of carbonyl (C=O) groups excluding carboxylic acids is 2. The fraction of sp³-hybridized carbons (Fsp3) is 0.391. The van der Waals surface area contributed by atoms with Crippen molar-refractivity contribution in [2.24, 2.45) is 0 Å². The Kier molecular flexibility index (Phi) is 6.27. The third-order valence-corrected chi connectivity index (χ3v) is 5.46. The van der Waals surface area contributed by atoms with Crippen molar-refractivity contribution in [3.63, 3.8) is 0 Å². The average molecular weight is 425 g/mol. The van der Waals surface area contributed by atoms with Gasteiger partial charge in [0.15, 0.2) is 11.5 Å². The highest BCUT2D eigenvalue weighted by Gasteiger charge is 2.32. The standard InChI is InChI=1S/C23H27N3O5/c1-16-7-8-18(29-2)17(13-16)24-22(27)14-25-9-11-26(12-10-25)23(28)21-15-30-19-5-3-4-6-20(19)31-21/h3-8,13,21H,9-12,14-15H2,1-2H3,(H,24,27)/t21-/m1/s1. The van der Waals surface area contributed by atoms with Gasteiger partial charge in [0.1, 0.15) is 12.4 Å². The maximum atomic E-state index is 12.8. The summed E-state index contributed by atoms with van der Waals surface area (Å²) >= 11 is 0. The molecule has 1 fully saturated rings. The lowest BCUT2D eigenvalue weighted by molar-refractivity contribution is -0.143. The van der Waals surface area contributed by atoms with Crippen LogP contribution in [0, 0.1) is 6.92 Å². The zero-order valence-corrected chi connectivity index (χ0v) is 17.8. The van der Waals surface area contributed by atoms with E-state index in [-0.39, 0.29) is 25.0 Å². The Bertz CT molecular complexity index is 956. The van der Waals surface area contributed by atoms with Crippen LogP contribution in [-0.4, -0.2) is 74.2 Å². The lowest BCUT2D eigenvalue weighted by atomic mass is 10.2. The van der Waals surface area contributed by atoms with E-state index in [4.69, 9.17) is 14.2 Å². The Morgan fingerprint density at radius 2 is 1.84 bits per heavy atom. The maximum absolute atomic E-state index is 12.8. The Balaban J connectivity index is 1.27. The number of amides is 2. The summed E-state index contributed by atoms with van der Waals surface area (Å²) in [7, 11) is 1.58. The topological polar surface area (TPSA) is 80.3 Å². The summed E-state index contributed by atoms with van der Waals surface area (Å²) in [5, 5.41) is 2.92. The molecule has 0 bridgehead atoms. The van der Waals surface area contributed by atoms with Crippen LogP contribution >= 0.6 is 0 Å². The van der Waals surface area contributed by atoms with Crippen molar-refractivity contribution in [1.29, 1.82) is 0 Å². The number of aryl methyl sites for hydroxylation is 1. The van der Waals surface area contributed by atoms with Gasteiger partial charge in [0.2, 0.25) is 12.0 Å². The van der Waals surface area contributed by atoms with Crippen LogP contribution in [0.1, 0.15) is 5.56 Å². The molecule has 0 aromatic heterocycles. The number of hydrogen-bond acceptors (Lipinski definition) is 6. The monoisotopic (exact) mass is 425 g/mol. The Hall–Kier alpha value is -3.26. The van der Waals surface area contributed by atoms with Crippen LogP contribution in [0.3, 0.4) is 0 Å². The number of piperazine rings is 1. The van der Waals surface area contributed by atoms with Gasteiger partial charge in [0.05, 0.1) is 19.3 Å². The van der Waals surface area contributed by atoms with Crippen LogP contribution < -0.4 is 19.5 Å². The number of anilines is 1. The number of carbonyl (C=O) groups is 2. The van der Waals surface area contributed by atoms with Gasteiger partial charge in [0.25, 0.3) is 5.91 Å². The fourth-order valence-electron chi connectivity index (χ4n) is 3.78. The number of para-hydroxylation sites is 2. The molecule has 2 heterocycles. The first-order valence-electron chi connectivity index (χ1n) is 10.4. The molecule has 1 saturated heterocycles. The van der Waals surface area contributed by atoms with Crippen molar-refractivity contribution in [2.45, 2.75) is 13.0 Å². The molecular formula is C23H27N3O5. The molecule has 31 heavy (non-hydrogen) atoms. The summed E-state index contributed by atoms with van der Waals surface area (Å²) in [5.74, 6) is 1.69. The van der Waals surface area contributed by atoms with Gasteiger partial charge >= 0.3 is 0 Å². The highest BCUT2D eigenvalue weighted by molar-refractivity contribution is 5.93. The lowest BCUT2D eigenvalue weighted by Crippen LogP contribution is -2.54. The fourth-order valence-corrected chi connectivity index (χ4v) is 3.78. The molecule has 8 heteroatoms. The Morgan fingerprint density at radius 1 is 1.10 bits per heavy atom. The average Bonchev–Trinajstić information content (AvgIpc) is 2.79. The number of rotatable bonds is 5. The second-order valence-electron chi connectivity index (χ2n) is 7.72. The van der Waals surface area contributed by atoms with Crippen molar-refractivity contribution in [3.8, 4) is 17.2 Å². The van der Waals surface area contributed by atoms with E-state index in [1.807, 2.05) is 48.2 Å². The number of nitrogens with zero attached hydrogens (tertiary/aromatic N) is 2. The summed E-state index contributed by atoms with van der Waals surface area (Å²) < 4.78 is 16.8. The van der Waals surface area contributed by atoms with Gasteiger partial charge in [-0.25, -0.2) is 0 Å². The predicted molar refractivity (Wildman–Crippen MR) is 116 cm³/mol. The summed E-state index contributed by atoms with van der Waals surface area (Å²) in [6, 6.07) is 13.0. The van der Waals surface area contributed by atoms with Gasteiger partial charge in [-0.1, -0.05) is 18.2 Å². The second-order valence-corrected chi connectivity index (χ2v) is 7.72. The van der Waals surface area contributed by atoms with Crippen LogP contribution in [0.5, 0.6) is 17.2 Å². The molecule has 4 rings (SSSR count). The van der Waals surface area contributed by atoms with Gasteiger partial charge in [-0.2, -0.15) is 0 Å².